The molecule has 0 spiro atoms. The van der Waals surface area contributed by atoms with Gasteiger partial charge in [0.15, 0.2) is 0 Å². The van der Waals surface area contributed by atoms with Crippen molar-refractivity contribution in [3.63, 3.8) is 0 Å². The van der Waals surface area contributed by atoms with Gasteiger partial charge in [-0.05, 0) is 25.1 Å². The average Bonchev–Trinajstić information content (AvgIpc) is 2.38. The van der Waals surface area contributed by atoms with E-state index in [1.165, 1.54) is 4.31 Å². The van der Waals surface area contributed by atoms with Crippen molar-refractivity contribution < 1.29 is 8.42 Å². The second-order valence-electron chi connectivity index (χ2n) is 4.94. The standard InChI is InChI=1S/C13H17BrCl2N2O2S/c1-2-3-17-4-6-18(7-5-17)21(19,20)13-11(15)8-10(14)9-12(13)16/h8-9H,2-7H2,1H3. The summed E-state index contributed by atoms with van der Waals surface area (Å²) in [5.74, 6) is 0. The van der Waals surface area contributed by atoms with Crippen molar-refractivity contribution >= 4 is 49.2 Å². The van der Waals surface area contributed by atoms with Crippen LogP contribution in [0.5, 0.6) is 0 Å². The number of hydrogen-bond acceptors (Lipinski definition) is 3. The van der Waals surface area contributed by atoms with Crippen LogP contribution in [-0.2, 0) is 10.0 Å². The third-order valence-electron chi connectivity index (χ3n) is 3.43. The first-order valence-corrected chi connectivity index (χ1v) is 9.72. The Morgan fingerprint density at radius 2 is 1.67 bits per heavy atom. The summed E-state index contributed by atoms with van der Waals surface area (Å²) in [4.78, 5) is 2.26. The molecule has 118 valence electrons. The zero-order valence-electron chi connectivity index (χ0n) is 11.7. The normalized spacial score (nSPS) is 18.1. The van der Waals surface area contributed by atoms with Crippen molar-refractivity contribution in [1.82, 2.24) is 9.21 Å². The molecular formula is C13H17BrCl2N2O2S. The maximum atomic E-state index is 12.7. The van der Waals surface area contributed by atoms with E-state index in [1.54, 1.807) is 12.1 Å². The summed E-state index contributed by atoms with van der Waals surface area (Å²) in [7, 11) is -3.66. The fourth-order valence-electron chi connectivity index (χ4n) is 2.41. The molecule has 8 heteroatoms. The lowest BCUT2D eigenvalue weighted by Gasteiger charge is -2.34. The second kappa shape index (κ2) is 7.15. The molecule has 0 aromatic heterocycles. The van der Waals surface area contributed by atoms with Crippen molar-refractivity contribution in [3.05, 3.63) is 26.7 Å². The molecule has 1 aromatic carbocycles. The Hall–Kier alpha value is 0.150. The lowest BCUT2D eigenvalue weighted by molar-refractivity contribution is 0.188. The van der Waals surface area contributed by atoms with Crippen LogP contribution >= 0.6 is 39.1 Å². The highest BCUT2D eigenvalue weighted by Crippen LogP contribution is 2.34. The van der Waals surface area contributed by atoms with Gasteiger partial charge in [-0.3, -0.25) is 0 Å². The highest BCUT2D eigenvalue weighted by molar-refractivity contribution is 9.10. The van der Waals surface area contributed by atoms with Crippen LogP contribution in [0.4, 0.5) is 0 Å². The van der Waals surface area contributed by atoms with Gasteiger partial charge in [0, 0.05) is 30.7 Å². The first-order chi connectivity index (χ1) is 9.86. The zero-order chi connectivity index (χ0) is 15.6. The largest absolute Gasteiger partial charge is 0.301 e. The molecule has 0 saturated carbocycles. The molecule has 0 N–H and O–H groups in total. The number of piperazine rings is 1. The molecule has 0 atom stereocenters. The van der Waals surface area contributed by atoms with Crippen LogP contribution in [0.15, 0.2) is 21.5 Å². The molecule has 1 fully saturated rings. The monoisotopic (exact) mass is 414 g/mol. The number of hydrogen-bond donors (Lipinski definition) is 0. The minimum Gasteiger partial charge on any atom is -0.301 e. The van der Waals surface area contributed by atoms with Crippen LogP contribution in [-0.4, -0.2) is 50.3 Å². The lowest BCUT2D eigenvalue weighted by atomic mass is 10.3. The summed E-state index contributed by atoms with van der Waals surface area (Å²) in [6.45, 7) is 5.51. The van der Waals surface area contributed by atoms with Crippen LogP contribution in [0.1, 0.15) is 13.3 Å². The van der Waals surface area contributed by atoms with Gasteiger partial charge in [0.2, 0.25) is 10.0 Å². The van der Waals surface area contributed by atoms with Gasteiger partial charge >= 0.3 is 0 Å². The molecular weight excluding hydrogens is 399 g/mol. The summed E-state index contributed by atoms with van der Waals surface area (Å²) in [6, 6.07) is 3.10. The second-order valence-corrected chi connectivity index (χ2v) is 8.55. The molecule has 1 aliphatic rings. The Labute approximate surface area is 144 Å². The van der Waals surface area contributed by atoms with Gasteiger partial charge < -0.3 is 4.90 Å². The molecule has 1 saturated heterocycles. The smallest absolute Gasteiger partial charge is 0.246 e. The van der Waals surface area contributed by atoms with Crippen molar-refractivity contribution in [2.45, 2.75) is 18.2 Å². The van der Waals surface area contributed by atoms with Gasteiger partial charge in [0.05, 0.1) is 10.0 Å². The van der Waals surface area contributed by atoms with E-state index >= 15 is 0 Å². The Kier molecular flexibility index (Phi) is 5.96. The molecule has 1 aromatic rings. The molecule has 0 radical (unpaired) electrons. The third kappa shape index (κ3) is 3.92. The maximum absolute atomic E-state index is 12.7. The van der Waals surface area contributed by atoms with Crippen LogP contribution in [0.25, 0.3) is 0 Å². The fourth-order valence-corrected chi connectivity index (χ4v) is 5.72. The van der Waals surface area contributed by atoms with E-state index in [0.29, 0.717) is 17.6 Å². The fraction of sp³-hybridized carbons (Fsp3) is 0.538. The lowest BCUT2D eigenvalue weighted by Crippen LogP contribution is -2.48. The quantitative estimate of drug-likeness (QED) is 0.755. The SMILES string of the molecule is CCCN1CCN(S(=O)(=O)c2c(Cl)cc(Br)cc2Cl)CC1. The van der Waals surface area contributed by atoms with E-state index < -0.39 is 10.0 Å². The molecule has 0 bridgehead atoms. The van der Waals surface area contributed by atoms with E-state index in [2.05, 4.69) is 27.8 Å². The number of halogens is 3. The maximum Gasteiger partial charge on any atom is 0.246 e. The average molecular weight is 416 g/mol. The summed E-state index contributed by atoms with van der Waals surface area (Å²) >= 11 is 15.4. The van der Waals surface area contributed by atoms with Gasteiger partial charge in [-0.25, -0.2) is 8.42 Å². The Bertz CT molecular complexity index is 594. The minimum absolute atomic E-state index is 0.00188. The molecule has 0 amide bonds. The van der Waals surface area contributed by atoms with E-state index in [1.807, 2.05) is 0 Å². The first kappa shape index (κ1) is 17.5. The number of nitrogens with zero attached hydrogens (tertiary/aromatic N) is 2. The van der Waals surface area contributed by atoms with Crippen molar-refractivity contribution in [2.24, 2.45) is 0 Å². The van der Waals surface area contributed by atoms with E-state index in [4.69, 9.17) is 23.2 Å². The highest BCUT2D eigenvalue weighted by atomic mass is 79.9. The van der Waals surface area contributed by atoms with Gasteiger partial charge in [-0.2, -0.15) is 4.31 Å². The highest BCUT2D eigenvalue weighted by Gasteiger charge is 2.31. The zero-order valence-corrected chi connectivity index (χ0v) is 15.6. The molecule has 4 nitrogen and oxygen atoms in total. The number of benzene rings is 1. The Morgan fingerprint density at radius 3 is 2.14 bits per heavy atom. The summed E-state index contributed by atoms with van der Waals surface area (Å²) in [5.41, 5.74) is 0. The Morgan fingerprint density at radius 1 is 1.14 bits per heavy atom. The van der Waals surface area contributed by atoms with E-state index in [-0.39, 0.29) is 14.9 Å². The minimum atomic E-state index is -3.66. The molecule has 1 aliphatic heterocycles. The Balaban J connectivity index is 2.24. The van der Waals surface area contributed by atoms with E-state index in [9.17, 15) is 8.42 Å². The molecule has 21 heavy (non-hydrogen) atoms. The third-order valence-corrected chi connectivity index (χ3v) is 6.71. The molecule has 0 unspecified atom stereocenters. The predicted molar refractivity (Wildman–Crippen MR) is 89.7 cm³/mol. The van der Waals surface area contributed by atoms with Gasteiger partial charge in [0.25, 0.3) is 0 Å². The number of rotatable bonds is 4. The van der Waals surface area contributed by atoms with Crippen LogP contribution in [0.2, 0.25) is 10.0 Å². The van der Waals surface area contributed by atoms with Gasteiger partial charge in [0.1, 0.15) is 4.90 Å². The van der Waals surface area contributed by atoms with Crippen LogP contribution in [0, 0.1) is 0 Å². The van der Waals surface area contributed by atoms with Gasteiger partial charge in [-0.15, -0.1) is 0 Å². The van der Waals surface area contributed by atoms with Crippen LogP contribution in [0.3, 0.4) is 0 Å². The van der Waals surface area contributed by atoms with Crippen molar-refractivity contribution in [1.29, 1.82) is 0 Å². The van der Waals surface area contributed by atoms with Crippen LogP contribution < -0.4 is 0 Å². The summed E-state index contributed by atoms with van der Waals surface area (Å²) in [5, 5.41) is 0.288. The molecule has 2 rings (SSSR count). The first-order valence-electron chi connectivity index (χ1n) is 6.73. The topological polar surface area (TPSA) is 40.6 Å². The van der Waals surface area contributed by atoms with Crippen molar-refractivity contribution in [3.8, 4) is 0 Å². The van der Waals surface area contributed by atoms with E-state index in [0.717, 1.165) is 26.1 Å². The molecule has 0 aliphatic carbocycles. The predicted octanol–water partition coefficient (Wildman–Crippen LogP) is 3.47. The summed E-state index contributed by atoms with van der Waals surface area (Å²) in [6.07, 6.45) is 1.07. The number of sulfonamides is 1. The molecule has 1 heterocycles. The van der Waals surface area contributed by atoms with Crippen molar-refractivity contribution in [2.75, 3.05) is 32.7 Å². The summed E-state index contributed by atoms with van der Waals surface area (Å²) < 4.78 is 27.6. The van der Waals surface area contributed by atoms with Gasteiger partial charge in [-0.1, -0.05) is 46.1 Å².